The highest BCUT2D eigenvalue weighted by atomic mass is 16.6. The summed E-state index contributed by atoms with van der Waals surface area (Å²) in [7, 11) is 0. The Labute approximate surface area is 131 Å². The zero-order valence-electron chi connectivity index (χ0n) is 13.9. The summed E-state index contributed by atoms with van der Waals surface area (Å²) in [5.74, 6) is -1.04. The Kier molecular flexibility index (Phi) is 8.22. The van der Waals surface area contributed by atoms with Gasteiger partial charge in [0.25, 0.3) is 0 Å². The number of hydrogen-bond donors (Lipinski definition) is 2. The number of rotatable bonds is 7. The minimum Gasteiger partial charge on any atom is -0.464 e. The fourth-order valence-electron chi connectivity index (χ4n) is 1.49. The third kappa shape index (κ3) is 8.28. The fourth-order valence-corrected chi connectivity index (χ4v) is 1.49. The second-order valence-electron chi connectivity index (χ2n) is 5.71. The lowest BCUT2D eigenvalue weighted by Crippen LogP contribution is -2.51. The standard InChI is InChI=1S/C15H26N2O5/c1-7-9-11(17-14(20)22-15(4,5)6)12(18)16-10(3)13(19)21-8-2/h7,10-11H,1,8-9H2,2-6H3,(H,16,18)(H,17,20)/t10-,11+/m0/s1. The van der Waals surface area contributed by atoms with E-state index in [4.69, 9.17) is 9.47 Å². The minimum atomic E-state index is -0.871. The molecule has 0 rings (SSSR count). The number of hydrogen-bond acceptors (Lipinski definition) is 5. The summed E-state index contributed by atoms with van der Waals surface area (Å²) in [6.07, 6.45) is 0.996. The van der Waals surface area contributed by atoms with Crippen molar-refractivity contribution in [3.63, 3.8) is 0 Å². The molecule has 0 aliphatic carbocycles. The lowest BCUT2D eigenvalue weighted by molar-refractivity contribution is -0.147. The molecule has 0 aromatic rings. The minimum absolute atomic E-state index is 0.209. The van der Waals surface area contributed by atoms with Crippen molar-refractivity contribution in [3.8, 4) is 0 Å². The number of carbonyl (C=O) groups excluding carboxylic acids is 3. The van der Waals surface area contributed by atoms with Crippen LogP contribution in [0.5, 0.6) is 0 Å². The van der Waals surface area contributed by atoms with Crippen LogP contribution in [0.1, 0.15) is 41.0 Å². The summed E-state index contributed by atoms with van der Waals surface area (Å²) in [4.78, 5) is 35.3. The topological polar surface area (TPSA) is 93.7 Å². The summed E-state index contributed by atoms with van der Waals surface area (Å²) in [5.41, 5.74) is -0.669. The van der Waals surface area contributed by atoms with Crippen LogP contribution in [0.15, 0.2) is 12.7 Å². The van der Waals surface area contributed by atoms with Gasteiger partial charge in [-0.05, 0) is 41.0 Å². The van der Waals surface area contributed by atoms with Crippen molar-refractivity contribution < 1.29 is 23.9 Å². The Morgan fingerprint density at radius 2 is 1.82 bits per heavy atom. The van der Waals surface area contributed by atoms with Gasteiger partial charge in [0.15, 0.2) is 0 Å². The van der Waals surface area contributed by atoms with Crippen molar-refractivity contribution in [1.29, 1.82) is 0 Å². The number of nitrogens with one attached hydrogen (secondary N) is 2. The first kappa shape index (κ1) is 19.9. The van der Waals surface area contributed by atoms with Gasteiger partial charge in [0.1, 0.15) is 17.7 Å². The number of amides is 2. The molecule has 0 aliphatic heterocycles. The highest BCUT2D eigenvalue weighted by molar-refractivity contribution is 5.89. The number of carbonyl (C=O) groups is 3. The van der Waals surface area contributed by atoms with Crippen molar-refractivity contribution in [2.24, 2.45) is 0 Å². The molecular weight excluding hydrogens is 288 g/mol. The van der Waals surface area contributed by atoms with Crippen LogP contribution in [0.2, 0.25) is 0 Å². The highest BCUT2D eigenvalue weighted by Crippen LogP contribution is 2.07. The largest absolute Gasteiger partial charge is 0.464 e. The monoisotopic (exact) mass is 314 g/mol. The Bertz CT molecular complexity index is 415. The van der Waals surface area contributed by atoms with Crippen LogP contribution < -0.4 is 10.6 Å². The first-order valence-electron chi connectivity index (χ1n) is 7.18. The predicted octanol–water partition coefficient (Wildman–Crippen LogP) is 1.52. The van der Waals surface area contributed by atoms with Gasteiger partial charge in [-0.2, -0.15) is 0 Å². The molecule has 0 aromatic heterocycles. The van der Waals surface area contributed by atoms with Gasteiger partial charge in [-0.25, -0.2) is 9.59 Å². The van der Waals surface area contributed by atoms with Crippen LogP contribution >= 0.6 is 0 Å². The van der Waals surface area contributed by atoms with E-state index < -0.39 is 35.7 Å². The summed E-state index contributed by atoms with van der Waals surface area (Å²) in [6, 6.07) is -1.68. The molecule has 0 fully saturated rings. The predicted molar refractivity (Wildman–Crippen MR) is 82.2 cm³/mol. The van der Waals surface area contributed by atoms with Crippen LogP contribution in [0.3, 0.4) is 0 Å². The van der Waals surface area contributed by atoms with Gasteiger partial charge < -0.3 is 20.1 Å². The van der Waals surface area contributed by atoms with Gasteiger partial charge in [0.05, 0.1) is 6.61 Å². The Morgan fingerprint density at radius 3 is 2.27 bits per heavy atom. The Balaban J connectivity index is 4.66. The SMILES string of the molecule is C=CC[C@@H](NC(=O)OC(C)(C)C)C(=O)N[C@@H](C)C(=O)OCC. The number of esters is 1. The van der Waals surface area contributed by atoms with Gasteiger partial charge in [0.2, 0.25) is 5.91 Å². The molecule has 2 amide bonds. The van der Waals surface area contributed by atoms with E-state index >= 15 is 0 Å². The molecule has 0 aliphatic rings. The molecule has 126 valence electrons. The van der Waals surface area contributed by atoms with Crippen LogP contribution in [-0.4, -0.2) is 42.3 Å². The number of alkyl carbamates (subject to hydrolysis) is 1. The van der Waals surface area contributed by atoms with Crippen molar-refractivity contribution in [2.45, 2.75) is 58.7 Å². The molecule has 2 atom stereocenters. The van der Waals surface area contributed by atoms with Crippen molar-refractivity contribution in [1.82, 2.24) is 10.6 Å². The van der Waals surface area contributed by atoms with E-state index in [1.807, 2.05) is 0 Å². The second kappa shape index (κ2) is 9.07. The molecule has 0 saturated carbocycles. The summed E-state index contributed by atoms with van der Waals surface area (Å²) in [5, 5.41) is 4.94. The lowest BCUT2D eigenvalue weighted by atomic mass is 10.1. The van der Waals surface area contributed by atoms with Crippen LogP contribution in [0.25, 0.3) is 0 Å². The molecule has 2 N–H and O–H groups in total. The first-order valence-corrected chi connectivity index (χ1v) is 7.18. The summed E-state index contributed by atoms with van der Waals surface area (Å²) < 4.78 is 9.91. The van der Waals surface area contributed by atoms with Crippen LogP contribution in [0.4, 0.5) is 4.79 Å². The molecule has 0 saturated heterocycles. The Morgan fingerprint density at radius 1 is 1.23 bits per heavy atom. The molecular formula is C15H26N2O5. The van der Waals surface area contributed by atoms with Crippen molar-refractivity contribution >= 4 is 18.0 Å². The van der Waals surface area contributed by atoms with E-state index in [0.717, 1.165) is 0 Å². The van der Waals surface area contributed by atoms with E-state index in [1.165, 1.54) is 13.0 Å². The quantitative estimate of drug-likeness (QED) is 0.549. The van der Waals surface area contributed by atoms with Gasteiger partial charge >= 0.3 is 12.1 Å². The fraction of sp³-hybridized carbons (Fsp3) is 0.667. The summed E-state index contributed by atoms with van der Waals surface area (Å²) >= 11 is 0. The molecule has 0 heterocycles. The van der Waals surface area contributed by atoms with Crippen molar-refractivity contribution in [3.05, 3.63) is 12.7 Å². The van der Waals surface area contributed by atoms with E-state index in [0.29, 0.717) is 0 Å². The molecule has 0 bridgehead atoms. The van der Waals surface area contributed by atoms with Gasteiger partial charge in [-0.15, -0.1) is 6.58 Å². The van der Waals surface area contributed by atoms with E-state index in [1.54, 1.807) is 27.7 Å². The average molecular weight is 314 g/mol. The normalized spacial score (nSPS) is 13.5. The zero-order valence-corrected chi connectivity index (χ0v) is 13.9. The summed E-state index contributed by atoms with van der Waals surface area (Å²) in [6.45, 7) is 12.1. The molecule has 0 aromatic carbocycles. The second-order valence-corrected chi connectivity index (χ2v) is 5.71. The zero-order chi connectivity index (χ0) is 17.3. The highest BCUT2D eigenvalue weighted by Gasteiger charge is 2.26. The third-order valence-corrected chi connectivity index (χ3v) is 2.41. The van der Waals surface area contributed by atoms with Crippen LogP contribution in [0, 0.1) is 0 Å². The first-order chi connectivity index (χ1) is 10.1. The Hall–Kier alpha value is -2.05. The third-order valence-electron chi connectivity index (χ3n) is 2.41. The maximum atomic E-state index is 12.1. The van der Waals surface area contributed by atoms with E-state index in [2.05, 4.69) is 17.2 Å². The van der Waals surface area contributed by atoms with Gasteiger partial charge in [-0.1, -0.05) is 6.08 Å². The molecule has 7 nitrogen and oxygen atoms in total. The molecule has 22 heavy (non-hydrogen) atoms. The van der Waals surface area contributed by atoms with E-state index in [9.17, 15) is 14.4 Å². The number of ether oxygens (including phenoxy) is 2. The van der Waals surface area contributed by atoms with Gasteiger partial charge in [0, 0.05) is 0 Å². The molecule has 0 spiro atoms. The molecule has 7 heteroatoms. The van der Waals surface area contributed by atoms with Crippen LogP contribution in [-0.2, 0) is 19.1 Å². The molecule has 0 unspecified atom stereocenters. The van der Waals surface area contributed by atoms with E-state index in [-0.39, 0.29) is 13.0 Å². The maximum Gasteiger partial charge on any atom is 0.408 e. The smallest absolute Gasteiger partial charge is 0.408 e. The lowest BCUT2D eigenvalue weighted by Gasteiger charge is -2.23. The maximum absolute atomic E-state index is 12.1. The van der Waals surface area contributed by atoms with Gasteiger partial charge in [-0.3, -0.25) is 4.79 Å². The molecule has 0 radical (unpaired) electrons. The average Bonchev–Trinajstić information content (AvgIpc) is 2.36. The van der Waals surface area contributed by atoms with Crippen molar-refractivity contribution in [2.75, 3.05) is 6.61 Å².